The van der Waals surface area contributed by atoms with Gasteiger partial charge in [0.15, 0.2) is 6.10 Å². The van der Waals surface area contributed by atoms with Crippen molar-refractivity contribution < 1.29 is 23.8 Å². The summed E-state index contributed by atoms with van der Waals surface area (Å²) >= 11 is 0. The van der Waals surface area contributed by atoms with Gasteiger partial charge in [-0.3, -0.25) is 9.59 Å². The van der Waals surface area contributed by atoms with E-state index in [9.17, 15) is 9.59 Å². The smallest absolute Gasteiger partial charge is 0.306 e. The molecule has 0 aromatic carbocycles. The molecule has 0 spiro atoms. The lowest BCUT2D eigenvalue weighted by Gasteiger charge is -2.18. The number of ether oxygens (including phenoxy) is 3. The molecule has 0 amide bonds. The fourth-order valence-corrected chi connectivity index (χ4v) is 7.79. The molecule has 0 aliphatic heterocycles. The maximum absolute atomic E-state index is 12.9. The van der Waals surface area contributed by atoms with Crippen LogP contribution in [0.2, 0.25) is 0 Å². The molecule has 0 aliphatic rings. The molecule has 5 nitrogen and oxygen atoms in total. The summed E-state index contributed by atoms with van der Waals surface area (Å²) < 4.78 is 17.5. The normalized spacial score (nSPS) is 13.2. The summed E-state index contributed by atoms with van der Waals surface area (Å²) in [4.78, 5) is 25.6. The van der Waals surface area contributed by atoms with Crippen molar-refractivity contribution in [3.8, 4) is 0 Å². The van der Waals surface area contributed by atoms with Crippen LogP contribution in [-0.4, -0.2) is 37.9 Å². The number of carbonyl (C=O) groups excluding carboxylic acids is 2. The number of rotatable bonds is 53. The summed E-state index contributed by atoms with van der Waals surface area (Å²) in [5, 5.41) is 0. The number of carbonyl (C=O) groups is 2. The molecule has 0 bridgehead atoms. The first-order valence-electron chi connectivity index (χ1n) is 29.7. The minimum Gasteiger partial charge on any atom is -0.462 e. The lowest BCUT2D eigenvalue weighted by atomic mass is 10.1. The van der Waals surface area contributed by atoms with Crippen LogP contribution in [0.4, 0.5) is 0 Å². The van der Waals surface area contributed by atoms with Gasteiger partial charge in [0, 0.05) is 19.4 Å². The third-order valence-electron chi connectivity index (χ3n) is 12.2. The van der Waals surface area contributed by atoms with Crippen LogP contribution in [0.3, 0.4) is 0 Å². The number of unbranched alkanes of at least 4 members (excludes halogenated alkanes) is 20. The Bertz CT molecular complexity index is 1500. The van der Waals surface area contributed by atoms with Gasteiger partial charge >= 0.3 is 11.9 Å². The molecule has 5 heteroatoms. The van der Waals surface area contributed by atoms with Crippen LogP contribution in [0, 0.1) is 0 Å². The highest BCUT2D eigenvalue weighted by Crippen LogP contribution is 2.14. The van der Waals surface area contributed by atoms with Crippen LogP contribution >= 0.6 is 0 Å². The fourth-order valence-electron chi connectivity index (χ4n) is 7.79. The Labute approximate surface area is 445 Å². The summed E-state index contributed by atoms with van der Waals surface area (Å²) in [6.45, 7) is 7.50. The van der Waals surface area contributed by atoms with E-state index in [1.165, 1.54) is 77.0 Å². The standard InChI is InChI=1S/C67H110O5/c1-4-7-10-13-16-19-22-25-28-31-33-35-38-41-44-47-50-53-56-59-62-70-63-65(72-67(69)61-58-55-52-49-46-43-40-36-30-27-24-21-18-15-12-9-6-3)64-71-66(68)60-57-54-51-48-45-42-39-37-34-32-29-26-23-20-17-14-11-8-5-2/h7,9-10,12,16-21,25-30,33-35,37,41,44,65H,4-6,8,11,13-15,22-24,31-32,36,38-40,42-43,45-64H2,1-3H3/b10-7-,12-9-,19-16-,20-17-,21-18-,28-25-,29-26-,30-27-,35-33-,37-34-,44-41-. The molecule has 0 heterocycles. The zero-order valence-electron chi connectivity index (χ0n) is 46.9. The predicted octanol–water partition coefficient (Wildman–Crippen LogP) is 20.7. The second-order valence-corrected chi connectivity index (χ2v) is 19.1. The lowest BCUT2D eigenvalue weighted by Crippen LogP contribution is -2.30. The molecule has 0 N–H and O–H groups in total. The lowest BCUT2D eigenvalue weighted by molar-refractivity contribution is -0.163. The third-order valence-corrected chi connectivity index (χ3v) is 12.2. The average Bonchev–Trinajstić information content (AvgIpc) is 3.38. The van der Waals surface area contributed by atoms with Crippen molar-refractivity contribution in [2.24, 2.45) is 0 Å². The number of hydrogen-bond acceptors (Lipinski definition) is 5. The molecule has 0 saturated heterocycles. The van der Waals surface area contributed by atoms with Crippen molar-refractivity contribution in [1.29, 1.82) is 0 Å². The third kappa shape index (κ3) is 58.6. The predicted molar refractivity (Wildman–Crippen MR) is 315 cm³/mol. The molecule has 0 aliphatic carbocycles. The Hall–Kier alpha value is -3.96. The first-order valence-corrected chi connectivity index (χ1v) is 29.7. The maximum Gasteiger partial charge on any atom is 0.306 e. The van der Waals surface area contributed by atoms with Crippen molar-refractivity contribution in [3.05, 3.63) is 134 Å². The van der Waals surface area contributed by atoms with Crippen LogP contribution in [-0.2, 0) is 23.8 Å². The van der Waals surface area contributed by atoms with Crippen molar-refractivity contribution in [3.63, 3.8) is 0 Å². The van der Waals surface area contributed by atoms with Crippen molar-refractivity contribution in [1.82, 2.24) is 0 Å². The first-order chi connectivity index (χ1) is 35.6. The van der Waals surface area contributed by atoms with Crippen LogP contribution in [0.25, 0.3) is 0 Å². The van der Waals surface area contributed by atoms with Gasteiger partial charge in [-0.15, -0.1) is 0 Å². The Kier molecular flexibility index (Phi) is 58.0. The van der Waals surface area contributed by atoms with Gasteiger partial charge in [0.25, 0.3) is 0 Å². The number of esters is 2. The maximum atomic E-state index is 12.9. The molecule has 72 heavy (non-hydrogen) atoms. The molecule has 0 rings (SSSR count). The zero-order chi connectivity index (χ0) is 52.0. The van der Waals surface area contributed by atoms with E-state index in [2.05, 4.69) is 154 Å². The van der Waals surface area contributed by atoms with E-state index in [1.54, 1.807) is 0 Å². The van der Waals surface area contributed by atoms with Crippen LogP contribution in [0.5, 0.6) is 0 Å². The van der Waals surface area contributed by atoms with E-state index >= 15 is 0 Å². The molecule has 0 saturated carbocycles. The number of hydrogen-bond donors (Lipinski definition) is 0. The van der Waals surface area contributed by atoms with Gasteiger partial charge in [0.2, 0.25) is 0 Å². The molecule has 1 unspecified atom stereocenters. The van der Waals surface area contributed by atoms with Gasteiger partial charge in [0.1, 0.15) is 6.61 Å². The van der Waals surface area contributed by atoms with Crippen LogP contribution in [0.15, 0.2) is 134 Å². The highest BCUT2D eigenvalue weighted by molar-refractivity contribution is 5.70. The molecule has 0 aromatic heterocycles. The van der Waals surface area contributed by atoms with Gasteiger partial charge < -0.3 is 14.2 Å². The molecule has 1 atom stereocenters. The molecule has 408 valence electrons. The highest BCUT2D eigenvalue weighted by atomic mass is 16.6. The zero-order valence-corrected chi connectivity index (χ0v) is 46.9. The largest absolute Gasteiger partial charge is 0.462 e. The van der Waals surface area contributed by atoms with E-state index < -0.39 is 6.10 Å². The summed E-state index contributed by atoms with van der Waals surface area (Å²) in [5.41, 5.74) is 0. The summed E-state index contributed by atoms with van der Waals surface area (Å²) in [7, 11) is 0. The van der Waals surface area contributed by atoms with Gasteiger partial charge in [-0.25, -0.2) is 0 Å². The Balaban J connectivity index is 4.41. The molecule has 0 radical (unpaired) electrons. The summed E-state index contributed by atoms with van der Waals surface area (Å²) in [5.74, 6) is -0.442. The average molecular weight is 996 g/mol. The van der Waals surface area contributed by atoms with Gasteiger partial charge in [0.05, 0.1) is 6.61 Å². The second-order valence-electron chi connectivity index (χ2n) is 19.1. The van der Waals surface area contributed by atoms with E-state index in [-0.39, 0.29) is 25.2 Å². The van der Waals surface area contributed by atoms with Crippen molar-refractivity contribution >= 4 is 11.9 Å². The van der Waals surface area contributed by atoms with E-state index in [0.29, 0.717) is 19.4 Å². The van der Waals surface area contributed by atoms with E-state index in [1.807, 2.05) is 0 Å². The first kappa shape index (κ1) is 68.0. The highest BCUT2D eigenvalue weighted by Gasteiger charge is 2.17. The van der Waals surface area contributed by atoms with Gasteiger partial charge in [-0.05, 0) is 135 Å². The van der Waals surface area contributed by atoms with E-state index in [0.717, 1.165) is 141 Å². The number of allylic oxidation sites excluding steroid dienone is 22. The Morgan fingerprint density at radius 1 is 0.319 bits per heavy atom. The quantitative estimate of drug-likeness (QED) is 0.0345. The monoisotopic (exact) mass is 995 g/mol. The molecule has 0 fully saturated rings. The Morgan fingerprint density at radius 2 is 0.625 bits per heavy atom. The SMILES string of the molecule is CC/C=C\C/C=C\C/C=C\C/C=C\C/C=C\CCCCCCOCC(COC(=O)CCCCCCCC/C=C\C/C=C\C/C=C\CCCCC)OC(=O)CCCCCCCCC/C=C\C/C=C\C/C=C\CC. The van der Waals surface area contributed by atoms with Crippen LogP contribution in [0.1, 0.15) is 252 Å². The second kappa shape index (κ2) is 61.3. The summed E-state index contributed by atoms with van der Waals surface area (Å²) in [6.07, 6.45) is 87.6. The molecular weight excluding hydrogens is 885 g/mol. The van der Waals surface area contributed by atoms with Crippen LogP contribution < -0.4 is 0 Å². The van der Waals surface area contributed by atoms with Crippen molar-refractivity contribution in [2.75, 3.05) is 19.8 Å². The fraction of sp³-hybridized carbons (Fsp3) is 0.642. The van der Waals surface area contributed by atoms with Crippen molar-refractivity contribution in [2.45, 2.75) is 258 Å². The van der Waals surface area contributed by atoms with E-state index in [4.69, 9.17) is 14.2 Å². The molecular formula is C67H110O5. The van der Waals surface area contributed by atoms with Gasteiger partial charge in [-0.1, -0.05) is 238 Å². The van der Waals surface area contributed by atoms with Gasteiger partial charge in [-0.2, -0.15) is 0 Å². The Morgan fingerprint density at radius 3 is 1.00 bits per heavy atom. The molecule has 0 aromatic rings. The topological polar surface area (TPSA) is 61.8 Å². The minimum absolute atomic E-state index is 0.0554. The minimum atomic E-state index is -0.572. The summed E-state index contributed by atoms with van der Waals surface area (Å²) in [6, 6.07) is 0.